The third kappa shape index (κ3) is 3.47. The van der Waals surface area contributed by atoms with Gasteiger partial charge >= 0.3 is 0 Å². The average molecular weight is 245 g/mol. The molecule has 0 atom stereocenters. The molecule has 0 heterocycles. The zero-order valence-corrected chi connectivity index (χ0v) is 9.07. The predicted octanol–water partition coefficient (Wildman–Crippen LogP) is 0.392. The van der Waals surface area contributed by atoms with E-state index in [-0.39, 0.29) is 26.3 Å². The molecule has 1 rings (SSSR count). The summed E-state index contributed by atoms with van der Waals surface area (Å²) < 4.78 is 26.2. The molecule has 4 nitrogen and oxygen atoms in total. The first-order valence-corrected chi connectivity index (χ1v) is 5.06. The Hall–Kier alpha value is -1.53. The maximum Gasteiger partial charge on any atom is 0.257 e. The van der Waals surface area contributed by atoms with Crippen molar-refractivity contribution in [1.82, 2.24) is 4.90 Å². The third-order valence-electron chi connectivity index (χ3n) is 2.19. The van der Waals surface area contributed by atoms with Crippen molar-refractivity contribution in [3.05, 3.63) is 35.4 Å². The second-order valence-corrected chi connectivity index (χ2v) is 3.36. The lowest BCUT2D eigenvalue weighted by Gasteiger charge is -2.20. The molecule has 0 aliphatic rings. The van der Waals surface area contributed by atoms with Crippen LogP contribution in [-0.4, -0.2) is 47.3 Å². The number of carbonyl (C=O) groups is 1. The van der Waals surface area contributed by atoms with Crippen molar-refractivity contribution in [2.24, 2.45) is 0 Å². The van der Waals surface area contributed by atoms with Gasteiger partial charge in [0.05, 0.1) is 18.8 Å². The largest absolute Gasteiger partial charge is 0.395 e. The summed E-state index contributed by atoms with van der Waals surface area (Å²) >= 11 is 0. The first kappa shape index (κ1) is 13.5. The maximum absolute atomic E-state index is 13.3. The molecule has 0 aliphatic heterocycles. The molecule has 0 fully saturated rings. The van der Waals surface area contributed by atoms with Gasteiger partial charge in [0.15, 0.2) is 0 Å². The molecule has 0 saturated carbocycles. The molecule has 1 aromatic rings. The van der Waals surface area contributed by atoms with Crippen LogP contribution >= 0.6 is 0 Å². The maximum atomic E-state index is 13.3. The normalized spacial score (nSPS) is 10.4. The monoisotopic (exact) mass is 245 g/mol. The molecule has 1 amide bonds. The molecule has 17 heavy (non-hydrogen) atoms. The predicted molar refractivity (Wildman–Crippen MR) is 56.4 cm³/mol. The van der Waals surface area contributed by atoms with E-state index in [9.17, 15) is 13.6 Å². The topological polar surface area (TPSA) is 60.8 Å². The molecular weight excluding hydrogens is 232 g/mol. The molecule has 0 spiro atoms. The van der Waals surface area contributed by atoms with E-state index in [2.05, 4.69) is 0 Å². The van der Waals surface area contributed by atoms with Crippen LogP contribution < -0.4 is 0 Å². The van der Waals surface area contributed by atoms with Gasteiger partial charge < -0.3 is 15.1 Å². The Kier molecular flexibility index (Phi) is 4.99. The highest BCUT2D eigenvalue weighted by atomic mass is 19.1. The summed E-state index contributed by atoms with van der Waals surface area (Å²) in [6, 6.07) is 2.56. The Morgan fingerprint density at radius 2 is 1.76 bits per heavy atom. The SMILES string of the molecule is O=C(c1cc(F)ccc1F)N(CCO)CCO. The van der Waals surface area contributed by atoms with Gasteiger partial charge in [0.25, 0.3) is 5.91 Å². The van der Waals surface area contributed by atoms with Crippen molar-refractivity contribution in [2.75, 3.05) is 26.3 Å². The van der Waals surface area contributed by atoms with Crippen molar-refractivity contribution >= 4 is 5.91 Å². The Morgan fingerprint density at radius 3 is 2.29 bits per heavy atom. The van der Waals surface area contributed by atoms with Gasteiger partial charge in [0.1, 0.15) is 11.6 Å². The number of hydrogen-bond acceptors (Lipinski definition) is 3. The van der Waals surface area contributed by atoms with E-state index in [1.54, 1.807) is 0 Å². The number of carbonyl (C=O) groups excluding carboxylic acids is 1. The van der Waals surface area contributed by atoms with Crippen LogP contribution in [-0.2, 0) is 0 Å². The second kappa shape index (κ2) is 6.27. The number of amides is 1. The summed E-state index contributed by atoms with van der Waals surface area (Å²) in [5.41, 5.74) is -0.410. The Morgan fingerprint density at radius 1 is 1.18 bits per heavy atom. The molecule has 0 aliphatic carbocycles. The van der Waals surface area contributed by atoms with Crippen LogP contribution in [0.3, 0.4) is 0 Å². The fourth-order valence-electron chi connectivity index (χ4n) is 1.39. The van der Waals surface area contributed by atoms with Gasteiger partial charge in [-0.25, -0.2) is 8.78 Å². The number of aliphatic hydroxyl groups is 2. The van der Waals surface area contributed by atoms with Gasteiger partial charge in [-0.1, -0.05) is 0 Å². The van der Waals surface area contributed by atoms with Gasteiger partial charge in [-0.05, 0) is 18.2 Å². The average Bonchev–Trinajstić information content (AvgIpc) is 2.31. The molecule has 6 heteroatoms. The van der Waals surface area contributed by atoms with E-state index in [1.807, 2.05) is 0 Å². The van der Waals surface area contributed by atoms with Crippen LogP contribution in [0, 0.1) is 11.6 Å². The molecule has 2 N–H and O–H groups in total. The molecule has 0 saturated heterocycles. The van der Waals surface area contributed by atoms with Crippen LogP contribution in [0.1, 0.15) is 10.4 Å². The highest BCUT2D eigenvalue weighted by Gasteiger charge is 2.19. The van der Waals surface area contributed by atoms with E-state index in [0.29, 0.717) is 0 Å². The van der Waals surface area contributed by atoms with Crippen molar-refractivity contribution in [3.8, 4) is 0 Å². The molecule has 1 aromatic carbocycles. The van der Waals surface area contributed by atoms with Gasteiger partial charge in [0, 0.05) is 13.1 Å². The van der Waals surface area contributed by atoms with Gasteiger partial charge in [-0.2, -0.15) is 0 Å². The molecule has 0 radical (unpaired) electrons. The summed E-state index contributed by atoms with van der Waals surface area (Å²) in [7, 11) is 0. The zero-order chi connectivity index (χ0) is 12.8. The van der Waals surface area contributed by atoms with Crippen LogP contribution in [0.15, 0.2) is 18.2 Å². The number of benzene rings is 1. The summed E-state index contributed by atoms with van der Waals surface area (Å²) in [6.07, 6.45) is 0. The van der Waals surface area contributed by atoms with Crippen molar-refractivity contribution < 1.29 is 23.8 Å². The quantitative estimate of drug-likeness (QED) is 0.789. The Balaban J connectivity index is 2.95. The van der Waals surface area contributed by atoms with Gasteiger partial charge in [-0.15, -0.1) is 0 Å². The Bertz CT molecular complexity index is 392. The molecule has 0 unspecified atom stereocenters. The number of nitrogens with zero attached hydrogens (tertiary/aromatic N) is 1. The fourth-order valence-corrected chi connectivity index (χ4v) is 1.39. The third-order valence-corrected chi connectivity index (χ3v) is 2.19. The first-order valence-electron chi connectivity index (χ1n) is 5.06. The van der Waals surface area contributed by atoms with Crippen molar-refractivity contribution in [1.29, 1.82) is 0 Å². The van der Waals surface area contributed by atoms with E-state index >= 15 is 0 Å². The highest BCUT2D eigenvalue weighted by molar-refractivity contribution is 5.94. The summed E-state index contributed by atoms with van der Waals surface area (Å²) in [5, 5.41) is 17.5. The van der Waals surface area contributed by atoms with Gasteiger partial charge in [-0.3, -0.25) is 4.79 Å². The highest BCUT2D eigenvalue weighted by Crippen LogP contribution is 2.12. The zero-order valence-electron chi connectivity index (χ0n) is 9.07. The van der Waals surface area contributed by atoms with Crippen LogP contribution in [0.4, 0.5) is 8.78 Å². The molecule has 0 aromatic heterocycles. The lowest BCUT2D eigenvalue weighted by molar-refractivity contribution is 0.0679. The van der Waals surface area contributed by atoms with E-state index in [1.165, 1.54) is 0 Å². The summed E-state index contributed by atoms with van der Waals surface area (Å²) in [5.74, 6) is -2.31. The smallest absolute Gasteiger partial charge is 0.257 e. The summed E-state index contributed by atoms with van der Waals surface area (Å²) in [6.45, 7) is -0.726. The number of rotatable bonds is 5. The lowest BCUT2D eigenvalue weighted by Crippen LogP contribution is -2.36. The minimum atomic E-state index is -0.836. The molecular formula is C11H13F2NO3. The van der Waals surface area contributed by atoms with E-state index in [4.69, 9.17) is 10.2 Å². The van der Waals surface area contributed by atoms with Crippen LogP contribution in [0.2, 0.25) is 0 Å². The standard InChI is InChI=1S/C11H13F2NO3/c12-8-1-2-10(13)9(7-8)11(17)14(3-5-15)4-6-16/h1-2,7,15-16H,3-6H2. The van der Waals surface area contributed by atoms with Gasteiger partial charge in [0.2, 0.25) is 0 Å². The van der Waals surface area contributed by atoms with Crippen molar-refractivity contribution in [2.45, 2.75) is 0 Å². The second-order valence-electron chi connectivity index (χ2n) is 3.36. The lowest BCUT2D eigenvalue weighted by atomic mass is 10.1. The van der Waals surface area contributed by atoms with E-state index in [0.717, 1.165) is 23.1 Å². The number of aliphatic hydroxyl groups excluding tert-OH is 2. The number of halogens is 2. The summed E-state index contributed by atoms with van der Waals surface area (Å²) in [4.78, 5) is 12.8. The molecule has 0 bridgehead atoms. The minimum absolute atomic E-state index is 0.0463. The first-order chi connectivity index (χ1) is 8.10. The van der Waals surface area contributed by atoms with Crippen molar-refractivity contribution in [3.63, 3.8) is 0 Å². The minimum Gasteiger partial charge on any atom is -0.395 e. The van der Waals surface area contributed by atoms with Crippen LogP contribution in [0.25, 0.3) is 0 Å². The van der Waals surface area contributed by atoms with Crippen LogP contribution in [0.5, 0.6) is 0 Å². The molecule has 94 valence electrons. The fraction of sp³-hybridized carbons (Fsp3) is 0.364. The Labute approximate surface area is 97.1 Å². The number of hydrogen-bond donors (Lipinski definition) is 2. The van der Waals surface area contributed by atoms with E-state index < -0.39 is 23.1 Å².